The van der Waals surface area contributed by atoms with Crippen molar-refractivity contribution in [2.45, 2.75) is 71.1 Å². The van der Waals surface area contributed by atoms with Crippen LogP contribution in [0.4, 0.5) is 0 Å². The first-order chi connectivity index (χ1) is 14.7. The van der Waals surface area contributed by atoms with Crippen LogP contribution < -0.4 is 0 Å². The largest absolute Gasteiger partial charge is 0.463 e. The molecule has 0 aliphatic carbocycles. The summed E-state index contributed by atoms with van der Waals surface area (Å²) in [5, 5.41) is 0. The minimum atomic E-state index is -1.13. The normalized spacial score (nSPS) is 25.2. The van der Waals surface area contributed by atoms with Crippen molar-refractivity contribution in [2.75, 3.05) is 6.61 Å². The molecule has 1 aliphatic heterocycles. The molecular formula is C22H28O9. The van der Waals surface area contributed by atoms with E-state index in [2.05, 4.69) is 0 Å². The second-order valence-electron chi connectivity index (χ2n) is 7.26. The molecule has 1 saturated heterocycles. The zero-order valence-corrected chi connectivity index (χ0v) is 18.1. The second-order valence-corrected chi connectivity index (χ2v) is 7.26. The number of carbonyl (C=O) groups excluding carboxylic acids is 4. The maximum absolute atomic E-state index is 11.8. The lowest BCUT2D eigenvalue weighted by Gasteiger charge is -2.44. The maximum Gasteiger partial charge on any atom is 0.303 e. The Balaban J connectivity index is 2.35. The maximum atomic E-state index is 11.8. The number of ether oxygens (including phenoxy) is 5. The van der Waals surface area contributed by atoms with Gasteiger partial charge in [0.05, 0.1) is 6.10 Å². The number of benzene rings is 1. The van der Waals surface area contributed by atoms with Crippen LogP contribution in [0.3, 0.4) is 0 Å². The molecule has 0 aromatic heterocycles. The van der Waals surface area contributed by atoms with Gasteiger partial charge in [-0.25, -0.2) is 0 Å². The van der Waals surface area contributed by atoms with Crippen LogP contribution in [0.2, 0.25) is 0 Å². The van der Waals surface area contributed by atoms with E-state index >= 15 is 0 Å². The van der Waals surface area contributed by atoms with E-state index in [1.54, 1.807) is 0 Å². The highest BCUT2D eigenvalue weighted by Gasteiger charge is 2.51. The van der Waals surface area contributed by atoms with Crippen molar-refractivity contribution in [1.82, 2.24) is 0 Å². The van der Waals surface area contributed by atoms with Gasteiger partial charge in [0.1, 0.15) is 12.7 Å². The van der Waals surface area contributed by atoms with Crippen molar-refractivity contribution >= 4 is 23.9 Å². The Kier molecular flexibility index (Phi) is 8.99. The molecule has 0 saturated carbocycles. The number of esters is 4. The van der Waals surface area contributed by atoms with Gasteiger partial charge in [-0.05, 0) is 18.4 Å². The van der Waals surface area contributed by atoms with Gasteiger partial charge in [-0.1, -0.05) is 30.3 Å². The predicted octanol–water partition coefficient (Wildman–Crippen LogP) is 1.74. The minimum Gasteiger partial charge on any atom is -0.463 e. The van der Waals surface area contributed by atoms with Crippen molar-refractivity contribution in [3.05, 3.63) is 35.9 Å². The molecule has 1 aromatic carbocycles. The lowest BCUT2D eigenvalue weighted by atomic mass is 9.91. The Labute approximate surface area is 180 Å². The molecule has 5 atom stereocenters. The lowest BCUT2D eigenvalue weighted by Crippen LogP contribution is -2.62. The number of rotatable bonds is 8. The monoisotopic (exact) mass is 436 g/mol. The molecule has 1 heterocycles. The quantitative estimate of drug-likeness (QED) is 0.444. The fraction of sp³-hybridized carbons (Fsp3) is 0.545. The SMILES string of the molecule is CC(=O)OCC1OC(CCc2ccccc2)C(OC(C)=O)C(OC(C)=O)C1OC(C)=O. The Morgan fingerprint density at radius 3 is 1.77 bits per heavy atom. The van der Waals surface area contributed by atoms with Gasteiger partial charge in [-0.3, -0.25) is 19.2 Å². The first kappa shape index (κ1) is 24.3. The Hall–Kier alpha value is -2.94. The highest BCUT2D eigenvalue weighted by molar-refractivity contribution is 5.68. The Morgan fingerprint density at radius 1 is 0.742 bits per heavy atom. The summed E-state index contributed by atoms with van der Waals surface area (Å²) in [7, 11) is 0. The standard InChI is InChI=1S/C22H28O9/c1-13(23)27-12-19-21(29-15(3)25)22(30-16(4)26)20(28-14(2)24)18(31-19)11-10-17-8-6-5-7-9-17/h5-9,18-22H,10-12H2,1-4H3. The number of hydrogen-bond donors (Lipinski definition) is 0. The zero-order valence-electron chi connectivity index (χ0n) is 18.1. The second kappa shape index (κ2) is 11.5. The Morgan fingerprint density at radius 2 is 1.26 bits per heavy atom. The molecule has 5 unspecified atom stereocenters. The van der Waals surface area contributed by atoms with Crippen LogP contribution in [0, 0.1) is 0 Å². The van der Waals surface area contributed by atoms with Crippen LogP contribution in [0.1, 0.15) is 39.7 Å². The van der Waals surface area contributed by atoms with Crippen molar-refractivity contribution in [2.24, 2.45) is 0 Å². The molecule has 0 N–H and O–H groups in total. The van der Waals surface area contributed by atoms with Gasteiger partial charge in [0, 0.05) is 27.7 Å². The van der Waals surface area contributed by atoms with Crippen LogP contribution >= 0.6 is 0 Å². The molecule has 1 fully saturated rings. The van der Waals surface area contributed by atoms with Gasteiger partial charge in [-0.2, -0.15) is 0 Å². The molecule has 0 spiro atoms. The first-order valence-electron chi connectivity index (χ1n) is 10.0. The molecule has 9 heteroatoms. The third-order valence-electron chi connectivity index (χ3n) is 4.65. The third kappa shape index (κ3) is 7.67. The summed E-state index contributed by atoms with van der Waals surface area (Å²) in [5.41, 5.74) is 1.04. The van der Waals surface area contributed by atoms with E-state index in [1.165, 1.54) is 27.7 Å². The van der Waals surface area contributed by atoms with E-state index in [-0.39, 0.29) is 6.61 Å². The molecule has 31 heavy (non-hydrogen) atoms. The summed E-state index contributed by atoms with van der Waals surface area (Å²) < 4.78 is 27.4. The molecule has 1 aliphatic rings. The van der Waals surface area contributed by atoms with Gasteiger partial charge in [-0.15, -0.1) is 0 Å². The summed E-state index contributed by atoms with van der Waals surface area (Å²) >= 11 is 0. The van der Waals surface area contributed by atoms with Crippen LogP contribution in [-0.2, 0) is 49.3 Å². The van der Waals surface area contributed by atoms with Crippen molar-refractivity contribution in [1.29, 1.82) is 0 Å². The summed E-state index contributed by atoms with van der Waals surface area (Å²) in [5.74, 6) is -2.44. The number of aryl methyl sites for hydroxylation is 1. The summed E-state index contributed by atoms with van der Waals surface area (Å²) in [4.78, 5) is 46.6. The molecule has 0 radical (unpaired) electrons. The van der Waals surface area contributed by atoms with Crippen molar-refractivity contribution < 1.29 is 42.9 Å². The highest BCUT2D eigenvalue weighted by Crippen LogP contribution is 2.31. The van der Waals surface area contributed by atoms with Gasteiger partial charge in [0.15, 0.2) is 18.3 Å². The van der Waals surface area contributed by atoms with Gasteiger partial charge in [0.2, 0.25) is 0 Å². The molecule has 2 rings (SSSR count). The smallest absolute Gasteiger partial charge is 0.303 e. The fourth-order valence-electron chi connectivity index (χ4n) is 3.50. The fourth-order valence-corrected chi connectivity index (χ4v) is 3.50. The predicted molar refractivity (Wildman–Crippen MR) is 107 cm³/mol. The number of hydrogen-bond acceptors (Lipinski definition) is 9. The van der Waals surface area contributed by atoms with E-state index in [1.807, 2.05) is 30.3 Å². The van der Waals surface area contributed by atoms with E-state index < -0.39 is 54.4 Å². The van der Waals surface area contributed by atoms with Crippen LogP contribution in [0.5, 0.6) is 0 Å². The average Bonchev–Trinajstić information content (AvgIpc) is 2.68. The molecule has 1 aromatic rings. The van der Waals surface area contributed by atoms with E-state index in [9.17, 15) is 19.2 Å². The molecule has 170 valence electrons. The van der Waals surface area contributed by atoms with Crippen LogP contribution in [0.15, 0.2) is 30.3 Å². The van der Waals surface area contributed by atoms with Gasteiger partial charge >= 0.3 is 23.9 Å². The van der Waals surface area contributed by atoms with Gasteiger partial charge < -0.3 is 23.7 Å². The summed E-state index contributed by atoms with van der Waals surface area (Å²) in [6.07, 6.45) is -3.86. The van der Waals surface area contributed by atoms with Crippen molar-refractivity contribution in [3.8, 4) is 0 Å². The minimum absolute atomic E-state index is 0.223. The molecule has 0 amide bonds. The Bertz CT molecular complexity index is 776. The first-order valence-corrected chi connectivity index (χ1v) is 10.0. The molecular weight excluding hydrogens is 408 g/mol. The average molecular weight is 436 g/mol. The lowest BCUT2D eigenvalue weighted by molar-refractivity contribution is -0.253. The molecule has 0 bridgehead atoms. The van der Waals surface area contributed by atoms with Crippen LogP contribution in [-0.4, -0.2) is 61.0 Å². The summed E-state index contributed by atoms with van der Waals surface area (Å²) in [6, 6.07) is 9.61. The highest BCUT2D eigenvalue weighted by atomic mass is 16.7. The van der Waals surface area contributed by atoms with E-state index in [0.29, 0.717) is 12.8 Å². The van der Waals surface area contributed by atoms with Gasteiger partial charge in [0.25, 0.3) is 0 Å². The van der Waals surface area contributed by atoms with E-state index in [4.69, 9.17) is 23.7 Å². The zero-order chi connectivity index (χ0) is 23.0. The van der Waals surface area contributed by atoms with Crippen molar-refractivity contribution in [3.63, 3.8) is 0 Å². The van der Waals surface area contributed by atoms with Crippen LogP contribution in [0.25, 0.3) is 0 Å². The summed E-state index contributed by atoms with van der Waals surface area (Å²) in [6.45, 7) is 4.63. The molecule has 9 nitrogen and oxygen atoms in total. The number of carbonyl (C=O) groups is 4. The third-order valence-corrected chi connectivity index (χ3v) is 4.65. The topological polar surface area (TPSA) is 114 Å². The van der Waals surface area contributed by atoms with E-state index in [0.717, 1.165) is 5.56 Å².